The molecule has 194 valence electrons. The van der Waals surface area contributed by atoms with Gasteiger partial charge in [0.2, 0.25) is 5.91 Å². The van der Waals surface area contributed by atoms with E-state index in [0.717, 1.165) is 35.5 Å². The first-order valence-corrected chi connectivity index (χ1v) is 12.6. The number of benzene rings is 2. The zero-order valence-electron chi connectivity index (χ0n) is 20.6. The van der Waals surface area contributed by atoms with Crippen LogP contribution in [-0.4, -0.2) is 46.5 Å². The molecule has 1 saturated heterocycles. The van der Waals surface area contributed by atoms with Gasteiger partial charge >= 0.3 is 0 Å². The van der Waals surface area contributed by atoms with Crippen LogP contribution in [0.4, 0.5) is 11.4 Å². The summed E-state index contributed by atoms with van der Waals surface area (Å²) in [6.07, 6.45) is 1.64. The second-order valence-corrected chi connectivity index (χ2v) is 9.68. The largest absolute Gasteiger partial charge is 0.508 e. The lowest BCUT2D eigenvalue weighted by Gasteiger charge is -2.33. The summed E-state index contributed by atoms with van der Waals surface area (Å²) in [5.41, 5.74) is 13.8. The van der Waals surface area contributed by atoms with Crippen molar-refractivity contribution >= 4 is 40.6 Å². The molecule has 0 saturated carbocycles. The third-order valence-corrected chi connectivity index (χ3v) is 7.30. The standard InChI is InChI=1S/C26H29N5O5S/c1-14-5-3-7-19(15(14)2)31(26(35)23-20(27)21(24(28)33)30-37-23)22(16-8-10-17(32)11-9-16)25(34)29-13-18-6-4-12-36-18/h3,5,7-11,18,22,32H,4,6,12-13,27H2,1-2H3,(H2,28,33)(H,29,34). The number of hydrogen-bond donors (Lipinski definition) is 4. The Morgan fingerprint density at radius 3 is 2.57 bits per heavy atom. The number of phenolic OH excluding ortho intramolecular Hbond substituents is 1. The first kappa shape index (κ1) is 26.1. The van der Waals surface area contributed by atoms with E-state index in [1.54, 1.807) is 24.3 Å². The van der Waals surface area contributed by atoms with Crippen LogP contribution in [0.15, 0.2) is 42.5 Å². The quantitative estimate of drug-likeness (QED) is 0.353. The zero-order chi connectivity index (χ0) is 26.7. The third kappa shape index (κ3) is 5.42. The van der Waals surface area contributed by atoms with Crippen LogP contribution in [0.1, 0.15) is 55.7 Å². The number of aryl methyl sites for hydroxylation is 1. The number of nitrogen functional groups attached to an aromatic ring is 1. The fourth-order valence-electron chi connectivity index (χ4n) is 4.29. The number of carbonyl (C=O) groups is 3. The van der Waals surface area contributed by atoms with Crippen LogP contribution in [0, 0.1) is 13.8 Å². The number of nitrogens with two attached hydrogens (primary N) is 2. The fraction of sp³-hybridized carbons (Fsp3) is 0.308. The van der Waals surface area contributed by atoms with Crippen LogP contribution in [0.25, 0.3) is 0 Å². The molecule has 0 bridgehead atoms. The molecule has 1 aliphatic rings. The topological polar surface area (TPSA) is 161 Å². The average molecular weight is 524 g/mol. The Labute approximate surface area is 218 Å². The minimum atomic E-state index is -1.13. The van der Waals surface area contributed by atoms with Gasteiger partial charge in [0.25, 0.3) is 11.8 Å². The Bertz CT molecular complexity index is 1320. The lowest BCUT2D eigenvalue weighted by molar-refractivity contribution is -0.123. The molecule has 2 aromatic carbocycles. The highest BCUT2D eigenvalue weighted by Crippen LogP contribution is 2.36. The summed E-state index contributed by atoms with van der Waals surface area (Å²) in [5.74, 6) is -1.88. The van der Waals surface area contributed by atoms with Crippen molar-refractivity contribution in [1.29, 1.82) is 0 Å². The molecule has 2 heterocycles. The van der Waals surface area contributed by atoms with Crippen molar-refractivity contribution in [2.45, 2.75) is 38.8 Å². The number of hydrogen-bond acceptors (Lipinski definition) is 8. The second-order valence-electron chi connectivity index (χ2n) is 8.91. The van der Waals surface area contributed by atoms with Crippen LogP contribution < -0.4 is 21.7 Å². The first-order chi connectivity index (χ1) is 17.7. The molecule has 0 radical (unpaired) electrons. The SMILES string of the molecule is Cc1cccc(N(C(=O)c2snc(C(N)=O)c2N)C(C(=O)NCC2CCCO2)c2ccc(O)cc2)c1C. The highest BCUT2D eigenvalue weighted by atomic mass is 32.1. The maximum absolute atomic E-state index is 14.1. The number of aromatic nitrogens is 1. The molecule has 0 aliphatic carbocycles. The number of ether oxygens (including phenoxy) is 1. The minimum absolute atomic E-state index is 0.00888. The van der Waals surface area contributed by atoms with Gasteiger partial charge in [0, 0.05) is 18.8 Å². The van der Waals surface area contributed by atoms with E-state index >= 15 is 0 Å². The fourth-order valence-corrected chi connectivity index (χ4v) is 5.03. The number of aromatic hydroxyl groups is 1. The lowest BCUT2D eigenvalue weighted by atomic mass is 9.99. The zero-order valence-corrected chi connectivity index (χ0v) is 21.4. The summed E-state index contributed by atoms with van der Waals surface area (Å²) in [6, 6.07) is 10.4. The van der Waals surface area contributed by atoms with Gasteiger partial charge in [-0.25, -0.2) is 0 Å². The van der Waals surface area contributed by atoms with Crippen molar-refractivity contribution in [3.8, 4) is 5.75 Å². The normalized spacial score (nSPS) is 15.8. The van der Waals surface area contributed by atoms with Crippen molar-refractivity contribution in [3.63, 3.8) is 0 Å². The van der Waals surface area contributed by atoms with Gasteiger partial charge in [0.1, 0.15) is 16.7 Å². The van der Waals surface area contributed by atoms with Gasteiger partial charge in [-0.05, 0) is 73.1 Å². The second kappa shape index (κ2) is 11.0. The molecule has 3 aromatic rings. The van der Waals surface area contributed by atoms with Gasteiger partial charge in [-0.3, -0.25) is 19.3 Å². The Kier molecular flexibility index (Phi) is 7.74. The maximum atomic E-state index is 14.1. The Morgan fingerprint density at radius 1 is 1.22 bits per heavy atom. The number of phenols is 1. The van der Waals surface area contributed by atoms with Crippen LogP contribution in [0.2, 0.25) is 0 Å². The molecule has 1 aliphatic heterocycles. The molecular formula is C26H29N5O5S. The third-order valence-electron chi connectivity index (χ3n) is 6.45. The van der Waals surface area contributed by atoms with Crippen molar-refractivity contribution in [1.82, 2.24) is 9.69 Å². The van der Waals surface area contributed by atoms with Gasteiger partial charge in [-0.2, -0.15) is 4.37 Å². The molecule has 2 atom stereocenters. The summed E-state index contributed by atoms with van der Waals surface area (Å²) >= 11 is 0.747. The summed E-state index contributed by atoms with van der Waals surface area (Å²) in [7, 11) is 0. The van der Waals surface area contributed by atoms with Crippen molar-refractivity contribution in [2.24, 2.45) is 5.73 Å². The molecule has 10 nitrogen and oxygen atoms in total. The van der Waals surface area contributed by atoms with Crippen LogP contribution >= 0.6 is 11.5 Å². The molecule has 1 aromatic heterocycles. The number of carbonyl (C=O) groups excluding carboxylic acids is 3. The minimum Gasteiger partial charge on any atom is -0.508 e. The van der Waals surface area contributed by atoms with E-state index in [9.17, 15) is 19.5 Å². The summed E-state index contributed by atoms with van der Waals surface area (Å²) in [5, 5.41) is 12.8. The van der Waals surface area contributed by atoms with E-state index < -0.39 is 23.8 Å². The Hall–Kier alpha value is -3.96. The molecule has 2 unspecified atom stereocenters. The van der Waals surface area contributed by atoms with Crippen molar-refractivity contribution in [3.05, 3.63) is 69.7 Å². The monoisotopic (exact) mass is 523 g/mol. The highest BCUT2D eigenvalue weighted by molar-refractivity contribution is 7.09. The molecule has 3 amide bonds. The molecular weight excluding hydrogens is 494 g/mol. The number of amides is 3. The first-order valence-electron chi connectivity index (χ1n) is 11.8. The molecule has 11 heteroatoms. The van der Waals surface area contributed by atoms with Crippen molar-refractivity contribution in [2.75, 3.05) is 23.8 Å². The van der Waals surface area contributed by atoms with E-state index in [4.69, 9.17) is 16.2 Å². The number of rotatable bonds is 8. The average Bonchev–Trinajstić information content (AvgIpc) is 3.53. The molecule has 37 heavy (non-hydrogen) atoms. The van der Waals surface area contributed by atoms with Gasteiger partial charge in [0.15, 0.2) is 5.69 Å². The van der Waals surface area contributed by atoms with Crippen LogP contribution in [0.3, 0.4) is 0 Å². The summed E-state index contributed by atoms with van der Waals surface area (Å²) in [4.78, 5) is 41.0. The molecule has 1 fully saturated rings. The lowest BCUT2D eigenvalue weighted by Crippen LogP contribution is -2.46. The Morgan fingerprint density at radius 2 is 1.95 bits per heavy atom. The molecule has 4 rings (SSSR count). The van der Waals surface area contributed by atoms with E-state index in [1.165, 1.54) is 17.0 Å². The van der Waals surface area contributed by atoms with Crippen LogP contribution in [0.5, 0.6) is 5.75 Å². The van der Waals surface area contributed by atoms with E-state index in [1.807, 2.05) is 19.9 Å². The summed E-state index contributed by atoms with van der Waals surface area (Å²) in [6.45, 7) is 4.69. The van der Waals surface area contributed by atoms with E-state index in [2.05, 4.69) is 9.69 Å². The number of nitrogens with one attached hydrogen (secondary N) is 1. The predicted octanol–water partition coefficient (Wildman–Crippen LogP) is 2.83. The number of nitrogens with zero attached hydrogens (tertiary/aromatic N) is 2. The highest BCUT2D eigenvalue weighted by Gasteiger charge is 2.37. The van der Waals surface area contributed by atoms with Gasteiger partial charge in [-0.15, -0.1) is 0 Å². The van der Waals surface area contributed by atoms with E-state index in [-0.39, 0.29) is 34.7 Å². The van der Waals surface area contributed by atoms with Crippen molar-refractivity contribution < 1.29 is 24.2 Å². The molecule has 0 spiro atoms. The predicted molar refractivity (Wildman–Crippen MR) is 141 cm³/mol. The maximum Gasteiger partial charge on any atom is 0.273 e. The van der Waals surface area contributed by atoms with Gasteiger partial charge in [-0.1, -0.05) is 24.3 Å². The Balaban J connectivity index is 1.85. The van der Waals surface area contributed by atoms with Gasteiger partial charge in [0.05, 0.1) is 11.8 Å². The van der Waals surface area contributed by atoms with Gasteiger partial charge < -0.3 is 26.6 Å². The van der Waals surface area contributed by atoms with E-state index in [0.29, 0.717) is 17.9 Å². The smallest absolute Gasteiger partial charge is 0.273 e. The van der Waals surface area contributed by atoms with Crippen LogP contribution in [-0.2, 0) is 9.53 Å². The summed E-state index contributed by atoms with van der Waals surface area (Å²) < 4.78 is 9.62. The number of primary amides is 1. The number of anilines is 2. The molecule has 6 N–H and O–H groups in total.